The second-order valence-corrected chi connectivity index (χ2v) is 7.10. The van der Waals surface area contributed by atoms with E-state index in [9.17, 15) is 14.8 Å². The fraction of sp³-hybridized carbons (Fsp3) is 0.200. The zero-order valence-corrected chi connectivity index (χ0v) is 16.5. The molecule has 3 aromatic rings. The van der Waals surface area contributed by atoms with Gasteiger partial charge in [0.25, 0.3) is 0 Å². The van der Waals surface area contributed by atoms with E-state index in [4.69, 9.17) is 4.74 Å². The molecule has 0 spiro atoms. The zero-order valence-electron chi connectivity index (χ0n) is 15.7. The fourth-order valence-electron chi connectivity index (χ4n) is 2.53. The van der Waals surface area contributed by atoms with Gasteiger partial charge in [-0.25, -0.2) is 9.78 Å². The Morgan fingerprint density at radius 2 is 1.89 bits per heavy atom. The van der Waals surface area contributed by atoms with Crippen LogP contribution in [-0.4, -0.2) is 16.9 Å². The molecule has 8 heteroatoms. The molecule has 0 aliphatic carbocycles. The number of benzene rings is 1. The number of hydrogen-bond donors (Lipinski definition) is 0. The van der Waals surface area contributed by atoms with Gasteiger partial charge in [0.15, 0.2) is 17.5 Å². The molecule has 0 radical (unpaired) electrons. The lowest BCUT2D eigenvalue weighted by molar-refractivity contribution is -0.605. The topological polar surface area (TPSA) is 86.4 Å². The van der Waals surface area contributed by atoms with E-state index in [0.717, 1.165) is 16.8 Å². The van der Waals surface area contributed by atoms with E-state index < -0.39 is 5.97 Å². The van der Waals surface area contributed by atoms with Crippen molar-refractivity contribution in [3.63, 3.8) is 0 Å². The van der Waals surface area contributed by atoms with Crippen LogP contribution in [0.5, 0.6) is 0 Å². The van der Waals surface area contributed by atoms with Gasteiger partial charge in [-0.1, -0.05) is 6.07 Å². The molecular formula is C20H19N3O4S. The Balaban J connectivity index is 1.74. The summed E-state index contributed by atoms with van der Waals surface area (Å²) in [6.45, 7) is 5.45. The van der Waals surface area contributed by atoms with Gasteiger partial charge in [-0.2, -0.15) is 4.73 Å². The quantitative estimate of drug-likeness (QED) is 0.374. The third kappa shape index (κ3) is 4.34. The van der Waals surface area contributed by atoms with Gasteiger partial charge in [-0.05, 0) is 37.1 Å². The highest BCUT2D eigenvalue weighted by Crippen LogP contribution is 2.30. The normalized spacial score (nSPS) is 10.5. The van der Waals surface area contributed by atoms with Crippen molar-refractivity contribution in [3.8, 4) is 0 Å². The van der Waals surface area contributed by atoms with Crippen molar-refractivity contribution in [2.75, 3.05) is 4.90 Å². The van der Waals surface area contributed by atoms with Gasteiger partial charge < -0.3 is 9.94 Å². The number of carbonyl (C=O) groups excluding carboxylic acids is 2. The Labute approximate surface area is 166 Å². The van der Waals surface area contributed by atoms with E-state index >= 15 is 0 Å². The molecule has 1 aromatic carbocycles. The van der Waals surface area contributed by atoms with Crippen LogP contribution in [0.1, 0.15) is 34.1 Å². The van der Waals surface area contributed by atoms with Crippen LogP contribution in [0, 0.1) is 19.1 Å². The summed E-state index contributed by atoms with van der Waals surface area (Å²) in [4.78, 5) is 30.2. The molecule has 0 saturated carbocycles. The molecule has 0 aliphatic rings. The summed E-state index contributed by atoms with van der Waals surface area (Å²) in [6, 6.07) is 8.55. The second-order valence-electron chi connectivity index (χ2n) is 6.27. The van der Waals surface area contributed by atoms with Crippen LogP contribution in [0.3, 0.4) is 0 Å². The molecule has 0 N–H and O–H groups in total. The van der Waals surface area contributed by atoms with Crippen molar-refractivity contribution < 1.29 is 19.1 Å². The fourth-order valence-corrected chi connectivity index (χ4v) is 3.40. The lowest BCUT2D eigenvalue weighted by Crippen LogP contribution is -2.24. The Hall–Kier alpha value is -3.26. The van der Waals surface area contributed by atoms with Crippen molar-refractivity contribution in [1.82, 2.24) is 4.98 Å². The maximum Gasteiger partial charge on any atom is 0.338 e. The van der Waals surface area contributed by atoms with Gasteiger partial charge in [-0.15, -0.1) is 11.3 Å². The van der Waals surface area contributed by atoms with E-state index in [2.05, 4.69) is 4.98 Å². The first-order chi connectivity index (χ1) is 13.3. The first-order valence-corrected chi connectivity index (χ1v) is 9.41. The maximum absolute atomic E-state index is 12.2. The Morgan fingerprint density at radius 1 is 1.18 bits per heavy atom. The minimum absolute atomic E-state index is 0.0275. The molecule has 28 heavy (non-hydrogen) atoms. The average Bonchev–Trinajstić information content (AvgIpc) is 3.11. The van der Waals surface area contributed by atoms with Crippen molar-refractivity contribution in [1.29, 1.82) is 0 Å². The lowest BCUT2D eigenvalue weighted by atomic mass is 10.1. The number of rotatable bonds is 5. The molecular weight excluding hydrogens is 378 g/mol. The summed E-state index contributed by atoms with van der Waals surface area (Å²) in [5, 5.41) is 13.3. The van der Waals surface area contributed by atoms with E-state index in [1.807, 2.05) is 32.0 Å². The number of pyridine rings is 1. The average molecular weight is 397 g/mol. The first-order valence-electron chi connectivity index (χ1n) is 8.53. The van der Waals surface area contributed by atoms with Crippen molar-refractivity contribution >= 4 is 34.0 Å². The van der Waals surface area contributed by atoms with Gasteiger partial charge in [0.1, 0.15) is 6.61 Å². The molecule has 0 unspecified atom stereocenters. The summed E-state index contributed by atoms with van der Waals surface area (Å²) in [5.74, 6) is -0.705. The van der Waals surface area contributed by atoms with Gasteiger partial charge >= 0.3 is 5.97 Å². The van der Waals surface area contributed by atoms with Gasteiger partial charge in [0.05, 0.1) is 16.9 Å². The van der Waals surface area contributed by atoms with E-state index in [-0.39, 0.29) is 18.1 Å². The summed E-state index contributed by atoms with van der Waals surface area (Å²) in [6.07, 6.45) is 2.46. The number of ether oxygens (including phenoxy) is 1. The molecule has 0 bridgehead atoms. The van der Waals surface area contributed by atoms with Crippen LogP contribution < -0.4 is 9.63 Å². The first kappa shape index (κ1) is 19.5. The number of amides is 1. The molecule has 3 rings (SSSR count). The number of aromatic nitrogens is 2. The Morgan fingerprint density at radius 3 is 2.54 bits per heavy atom. The summed E-state index contributed by atoms with van der Waals surface area (Å²) >= 11 is 1.30. The summed E-state index contributed by atoms with van der Waals surface area (Å²) in [5.41, 5.74) is 3.78. The van der Waals surface area contributed by atoms with Crippen LogP contribution in [-0.2, 0) is 16.1 Å². The minimum atomic E-state index is -0.548. The molecule has 0 aliphatic heterocycles. The molecule has 0 saturated heterocycles. The third-order valence-corrected chi connectivity index (χ3v) is 5.06. The predicted molar refractivity (Wildman–Crippen MR) is 105 cm³/mol. The number of thiazole rings is 1. The number of aryl methyl sites for hydroxylation is 2. The van der Waals surface area contributed by atoms with Gasteiger partial charge in [-0.3, -0.25) is 9.69 Å². The minimum Gasteiger partial charge on any atom is -0.619 e. The molecule has 2 aromatic heterocycles. The maximum atomic E-state index is 12.2. The smallest absolute Gasteiger partial charge is 0.338 e. The number of esters is 1. The number of nitrogens with zero attached hydrogens (tertiary/aromatic N) is 3. The van der Waals surface area contributed by atoms with Crippen molar-refractivity contribution in [2.24, 2.45) is 0 Å². The summed E-state index contributed by atoms with van der Waals surface area (Å²) in [7, 11) is 0. The van der Waals surface area contributed by atoms with E-state index in [0.29, 0.717) is 15.6 Å². The van der Waals surface area contributed by atoms with Crippen molar-refractivity contribution in [3.05, 3.63) is 75.7 Å². The van der Waals surface area contributed by atoms with E-state index in [1.54, 1.807) is 5.38 Å². The highest BCUT2D eigenvalue weighted by molar-refractivity contribution is 7.14. The second kappa shape index (κ2) is 8.18. The Kier molecular flexibility index (Phi) is 5.70. The molecule has 1 amide bonds. The van der Waals surface area contributed by atoms with Crippen LogP contribution in [0.2, 0.25) is 0 Å². The van der Waals surface area contributed by atoms with Crippen LogP contribution in [0.25, 0.3) is 0 Å². The van der Waals surface area contributed by atoms with Crippen LogP contribution in [0.4, 0.5) is 10.8 Å². The molecule has 0 atom stereocenters. The monoisotopic (exact) mass is 397 g/mol. The van der Waals surface area contributed by atoms with Gasteiger partial charge in [0.2, 0.25) is 5.91 Å². The standard InChI is InChI=1S/C20H19N3O4S/c1-13-4-5-18(10-14(13)2)23(15(3)24)20-21-17(12-28-20)11-27-19(25)16-6-8-22(26)9-7-16/h4-10,12H,11H2,1-3H3. The number of carbonyl (C=O) groups is 2. The third-order valence-electron chi connectivity index (χ3n) is 4.18. The largest absolute Gasteiger partial charge is 0.619 e. The van der Waals surface area contributed by atoms with E-state index in [1.165, 1.54) is 47.7 Å². The molecule has 2 heterocycles. The van der Waals surface area contributed by atoms with Crippen LogP contribution >= 0.6 is 11.3 Å². The van der Waals surface area contributed by atoms with Crippen LogP contribution in [0.15, 0.2) is 48.1 Å². The lowest BCUT2D eigenvalue weighted by Gasteiger charge is -2.19. The van der Waals surface area contributed by atoms with Crippen molar-refractivity contribution in [2.45, 2.75) is 27.4 Å². The Bertz CT molecular complexity index is 1010. The highest BCUT2D eigenvalue weighted by atomic mass is 32.1. The molecule has 0 fully saturated rings. The SMILES string of the molecule is CC(=O)N(c1ccc(C)c(C)c1)c1nc(COC(=O)c2cc[n+]([O-])cc2)cs1. The highest BCUT2D eigenvalue weighted by Gasteiger charge is 2.19. The molecule has 7 nitrogen and oxygen atoms in total. The zero-order chi connectivity index (χ0) is 20.3. The molecule has 144 valence electrons. The number of hydrogen-bond acceptors (Lipinski definition) is 6. The predicted octanol–water partition coefficient (Wildman–Crippen LogP) is 3.43. The van der Waals surface area contributed by atoms with Gasteiger partial charge in [0, 0.05) is 24.4 Å². The number of anilines is 2. The summed E-state index contributed by atoms with van der Waals surface area (Å²) < 4.78 is 5.83.